The minimum absolute atomic E-state index is 0.0926. The van der Waals surface area contributed by atoms with Gasteiger partial charge < -0.3 is 5.73 Å². The van der Waals surface area contributed by atoms with Crippen molar-refractivity contribution in [2.45, 2.75) is 43.9 Å². The van der Waals surface area contributed by atoms with E-state index in [4.69, 9.17) is 18.0 Å². The summed E-state index contributed by atoms with van der Waals surface area (Å²) in [5.41, 5.74) is 5.60. The summed E-state index contributed by atoms with van der Waals surface area (Å²) in [5, 5.41) is -0.713. The third kappa shape index (κ3) is 3.09. The Hall–Kier alpha value is -0.240. The van der Waals surface area contributed by atoms with E-state index < -0.39 is 15.3 Å². The van der Waals surface area contributed by atoms with Gasteiger partial charge in [-0.25, -0.2) is 8.42 Å². The molecule has 0 aliphatic carbocycles. The maximum atomic E-state index is 12.6. The van der Waals surface area contributed by atoms with Gasteiger partial charge in [0.2, 0.25) is 10.0 Å². The number of nitrogens with two attached hydrogens (primary N) is 1. The number of hydrogen-bond acceptors (Lipinski definition) is 4. The van der Waals surface area contributed by atoms with Crippen molar-refractivity contribution in [3.63, 3.8) is 0 Å². The Labute approximate surface area is 121 Å². The second kappa shape index (κ2) is 6.03. The van der Waals surface area contributed by atoms with Gasteiger partial charge in [0.15, 0.2) is 0 Å². The van der Waals surface area contributed by atoms with E-state index in [1.165, 1.54) is 6.42 Å². The van der Waals surface area contributed by atoms with Gasteiger partial charge in [0, 0.05) is 19.1 Å². The molecule has 0 spiro atoms. The molecular formula is C12H23N3O2S2. The third-order valence-corrected chi connectivity index (χ3v) is 6.97. The number of thiocarbonyl (C=S) groups is 1. The van der Waals surface area contributed by atoms with Crippen molar-refractivity contribution >= 4 is 27.2 Å². The van der Waals surface area contributed by atoms with Crippen molar-refractivity contribution in [1.82, 2.24) is 9.21 Å². The summed E-state index contributed by atoms with van der Waals surface area (Å²) in [6, 6.07) is 0.376. The molecule has 5 nitrogen and oxygen atoms in total. The first-order valence-corrected chi connectivity index (χ1v) is 8.90. The molecular weight excluding hydrogens is 282 g/mol. The van der Waals surface area contributed by atoms with Crippen LogP contribution in [0.1, 0.15) is 32.6 Å². The van der Waals surface area contributed by atoms with E-state index in [1.54, 1.807) is 4.31 Å². The van der Waals surface area contributed by atoms with Gasteiger partial charge in [0.05, 0.1) is 4.99 Å². The summed E-state index contributed by atoms with van der Waals surface area (Å²) in [6.45, 7) is 5.11. The molecule has 0 aromatic heterocycles. The zero-order chi connectivity index (χ0) is 14.0. The van der Waals surface area contributed by atoms with E-state index in [0.717, 1.165) is 25.9 Å². The first kappa shape index (κ1) is 15.2. The average Bonchev–Trinajstić information content (AvgIpc) is 2.66. The molecule has 110 valence electrons. The van der Waals surface area contributed by atoms with Crippen LogP contribution < -0.4 is 5.73 Å². The van der Waals surface area contributed by atoms with Crippen LogP contribution in [0.15, 0.2) is 0 Å². The molecule has 2 aliphatic rings. The number of nitrogens with zero attached hydrogens (tertiary/aromatic N) is 2. The first-order chi connectivity index (χ1) is 8.96. The highest BCUT2D eigenvalue weighted by atomic mass is 32.2. The van der Waals surface area contributed by atoms with Gasteiger partial charge >= 0.3 is 0 Å². The Morgan fingerprint density at radius 1 is 1.37 bits per heavy atom. The number of sulfonamides is 1. The lowest BCUT2D eigenvalue weighted by molar-refractivity contribution is 0.257. The van der Waals surface area contributed by atoms with Gasteiger partial charge in [-0.3, -0.25) is 4.90 Å². The predicted molar refractivity (Wildman–Crippen MR) is 80.6 cm³/mol. The van der Waals surface area contributed by atoms with Crippen molar-refractivity contribution in [2.24, 2.45) is 5.73 Å². The molecule has 0 amide bonds. The summed E-state index contributed by atoms with van der Waals surface area (Å²) in [7, 11) is -3.39. The van der Waals surface area contributed by atoms with Crippen LogP contribution in [0.4, 0.5) is 0 Å². The van der Waals surface area contributed by atoms with Crippen LogP contribution in [-0.4, -0.2) is 60.1 Å². The van der Waals surface area contributed by atoms with Crippen LogP contribution in [0.5, 0.6) is 0 Å². The molecule has 2 rings (SSSR count). The van der Waals surface area contributed by atoms with Crippen LogP contribution in [0.2, 0.25) is 0 Å². The lowest BCUT2D eigenvalue weighted by Gasteiger charge is -2.28. The van der Waals surface area contributed by atoms with E-state index >= 15 is 0 Å². The van der Waals surface area contributed by atoms with Crippen molar-refractivity contribution in [3.05, 3.63) is 0 Å². The normalized spacial score (nSPS) is 27.7. The standard InChI is InChI=1S/C12H23N3O2S2/c1-2-11(12(13)18)19(16,17)15-8-4-7-14-6-3-5-10(14)9-15/h10-11H,2-9H2,1H3,(H2,13,18). The fraction of sp³-hybridized carbons (Fsp3) is 0.917. The Bertz CT molecular complexity index is 438. The molecule has 2 fully saturated rings. The maximum absolute atomic E-state index is 12.6. The fourth-order valence-corrected chi connectivity index (χ4v) is 5.51. The topological polar surface area (TPSA) is 66.6 Å². The summed E-state index contributed by atoms with van der Waals surface area (Å²) < 4.78 is 26.9. The minimum Gasteiger partial charge on any atom is -0.392 e. The number of rotatable bonds is 4. The van der Waals surface area contributed by atoms with Crippen LogP contribution in [0, 0.1) is 0 Å². The molecule has 0 bridgehead atoms. The zero-order valence-corrected chi connectivity index (χ0v) is 13.0. The Morgan fingerprint density at radius 3 is 2.68 bits per heavy atom. The summed E-state index contributed by atoms with van der Waals surface area (Å²) in [6.07, 6.45) is 3.60. The lowest BCUT2D eigenvalue weighted by atomic mass is 10.2. The Morgan fingerprint density at radius 2 is 2.05 bits per heavy atom. The molecule has 2 atom stereocenters. The van der Waals surface area contributed by atoms with E-state index in [-0.39, 0.29) is 4.99 Å². The number of fused-ring (bicyclic) bond motifs is 1. The van der Waals surface area contributed by atoms with Crippen LogP contribution in [-0.2, 0) is 10.0 Å². The maximum Gasteiger partial charge on any atom is 0.223 e. The third-order valence-electron chi connectivity index (χ3n) is 4.17. The molecule has 2 N–H and O–H groups in total. The van der Waals surface area contributed by atoms with Crippen LogP contribution in [0.25, 0.3) is 0 Å². The average molecular weight is 305 g/mol. The van der Waals surface area contributed by atoms with Gasteiger partial charge in [-0.1, -0.05) is 19.1 Å². The van der Waals surface area contributed by atoms with E-state index in [2.05, 4.69) is 4.90 Å². The van der Waals surface area contributed by atoms with Crippen molar-refractivity contribution < 1.29 is 8.42 Å². The molecule has 19 heavy (non-hydrogen) atoms. The van der Waals surface area contributed by atoms with Crippen LogP contribution >= 0.6 is 12.2 Å². The summed E-state index contributed by atoms with van der Waals surface area (Å²) >= 11 is 4.92. The molecule has 2 unspecified atom stereocenters. The molecule has 0 saturated carbocycles. The lowest BCUT2D eigenvalue weighted by Crippen LogP contribution is -2.47. The largest absolute Gasteiger partial charge is 0.392 e. The molecule has 0 aromatic carbocycles. The Kier molecular flexibility index (Phi) is 4.81. The van der Waals surface area contributed by atoms with Gasteiger partial charge in [0.1, 0.15) is 5.25 Å². The predicted octanol–water partition coefficient (Wildman–Crippen LogP) is 0.551. The molecule has 0 radical (unpaired) electrons. The van der Waals surface area contributed by atoms with E-state index in [0.29, 0.717) is 25.6 Å². The Balaban J connectivity index is 2.17. The summed E-state index contributed by atoms with van der Waals surface area (Å²) in [4.78, 5) is 2.51. The van der Waals surface area contributed by atoms with Gasteiger partial charge in [-0.15, -0.1) is 0 Å². The second-order valence-electron chi connectivity index (χ2n) is 5.39. The van der Waals surface area contributed by atoms with E-state index in [9.17, 15) is 8.42 Å². The van der Waals surface area contributed by atoms with E-state index in [1.807, 2.05) is 6.92 Å². The monoisotopic (exact) mass is 305 g/mol. The van der Waals surface area contributed by atoms with Gasteiger partial charge in [0.25, 0.3) is 0 Å². The molecule has 0 aromatic rings. The fourth-order valence-electron chi connectivity index (χ4n) is 3.14. The van der Waals surface area contributed by atoms with Gasteiger partial charge in [-0.2, -0.15) is 4.31 Å². The first-order valence-electron chi connectivity index (χ1n) is 6.99. The highest BCUT2D eigenvalue weighted by Gasteiger charge is 2.37. The van der Waals surface area contributed by atoms with Gasteiger partial charge in [-0.05, 0) is 38.8 Å². The van der Waals surface area contributed by atoms with Crippen LogP contribution in [0.3, 0.4) is 0 Å². The minimum atomic E-state index is -3.39. The molecule has 2 heterocycles. The highest BCUT2D eigenvalue weighted by molar-refractivity contribution is 7.92. The molecule has 2 aliphatic heterocycles. The quantitative estimate of drug-likeness (QED) is 0.768. The second-order valence-corrected chi connectivity index (χ2v) is 7.97. The highest BCUT2D eigenvalue weighted by Crippen LogP contribution is 2.24. The molecule has 2 saturated heterocycles. The van der Waals surface area contributed by atoms with Crippen molar-refractivity contribution in [3.8, 4) is 0 Å². The molecule has 7 heteroatoms. The SMILES string of the molecule is CCC(C(N)=S)S(=O)(=O)N1CCCN2CCCC2C1. The zero-order valence-electron chi connectivity index (χ0n) is 11.4. The van der Waals surface area contributed by atoms with Crippen molar-refractivity contribution in [1.29, 1.82) is 0 Å². The smallest absolute Gasteiger partial charge is 0.223 e. The number of hydrogen-bond donors (Lipinski definition) is 1. The van der Waals surface area contributed by atoms with Crippen molar-refractivity contribution in [2.75, 3.05) is 26.2 Å². The summed E-state index contributed by atoms with van der Waals surface area (Å²) in [5.74, 6) is 0.